The van der Waals surface area contributed by atoms with Gasteiger partial charge in [0.25, 0.3) is 5.91 Å². The zero-order valence-corrected chi connectivity index (χ0v) is 7.63. The second kappa shape index (κ2) is 3.14. The van der Waals surface area contributed by atoms with E-state index in [-0.39, 0.29) is 24.3 Å². The number of nitrogens with zero attached hydrogens (tertiary/aromatic N) is 3. The predicted molar refractivity (Wildman–Crippen MR) is 50.6 cm³/mol. The molecule has 6 nitrogen and oxygen atoms in total. The number of guanidine groups is 1. The summed E-state index contributed by atoms with van der Waals surface area (Å²) in [6.45, 7) is 0. The fourth-order valence-electron chi connectivity index (χ4n) is 1.19. The third kappa shape index (κ3) is 1.40. The summed E-state index contributed by atoms with van der Waals surface area (Å²) in [6.07, 6.45) is 1.53. The molecule has 70 valence electrons. The molecule has 1 unspecified atom stereocenters. The molecule has 0 bridgehead atoms. The van der Waals surface area contributed by atoms with E-state index in [2.05, 4.69) is 15.3 Å². The minimum Gasteiger partial charge on any atom is -0.347 e. The number of likely N-dealkylation sites (N-methyl/N-ethyl adjacent to an activating group) is 1. The van der Waals surface area contributed by atoms with E-state index in [0.717, 1.165) is 0 Å². The van der Waals surface area contributed by atoms with Gasteiger partial charge in [-0.05, 0) is 0 Å². The fraction of sp³-hybridized carbons (Fsp3) is 0.333. The van der Waals surface area contributed by atoms with Gasteiger partial charge in [0.2, 0.25) is 5.96 Å². The Morgan fingerprint density at radius 2 is 2.38 bits per heavy atom. The van der Waals surface area contributed by atoms with Crippen molar-refractivity contribution in [2.45, 2.75) is 6.04 Å². The minimum absolute atomic E-state index is 0. The van der Waals surface area contributed by atoms with Crippen LogP contribution in [0.5, 0.6) is 0 Å². The number of aliphatic imine (C=N–C) groups is 2. The van der Waals surface area contributed by atoms with E-state index in [9.17, 15) is 4.79 Å². The Balaban J connectivity index is 0.000000845. The number of hydrogen-bond acceptors (Lipinski definition) is 4. The van der Waals surface area contributed by atoms with Crippen molar-refractivity contribution in [3.8, 4) is 0 Å². The number of amidine groups is 1. The van der Waals surface area contributed by atoms with Crippen LogP contribution >= 0.6 is 12.4 Å². The summed E-state index contributed by atoms with van der Waals surface area (Å²) in [5.41, 5.74) is 0. The van der Waals surface area contributed by atoms with E-state index in [1.54, 1.807) is 11.9 Å². The first-order chi connectivity index (χ1) is 5.68. The van der Waals surface area contributed by atoms with Crippen LogP contribution in [0.3, 0.4) is 0 Å². The van der Waals surface area contributed by atoms with Crippen molar-refractivity contribution in [3.05, 3.63) is 0 Å². The van der Waals surface area contributed by atoms with Crippen molar-refractivity contribution in [1.29, 1.82) is 5.41 Å². The first-order valence-corrected chi connectivity index (χ1v) is 3.42. The lowest BCUT2D eigenvalue weighted by Gasteiger charge is -2.21. The van der Waals surface area contributed by atoms with Gasteiger partial charge >= 0.3 is 0 Å². The highest BCUT2D eigenvalue weighted by Crippen LogP contribution is 2.09. The lowest BCUT2D eigenvalue weighted by atomic mass is 10.2. The largest absolute Gasteiger partial charge is 0.347 e. The average Bonchev–Trinajstić information content (AvgIpc) is 2.31. The molecule has 0 aromatic heterocycles. The van der Waals surface area contributed by atoms with Crippen molar-refractivity contribution in [2.75, 3.05) is 7.05 Å². The van der Waals surface area contributed by atoms with E-state index in [1.807, 2.05) is 0 Å². The van der Waals surface area contributed by atoms with Crippen molar-refractivity contribution in [3.63, 3.8) is 0 Å². The molecule has 0 spiro atoms. The number of carbonyl (C=O) groups is 1. The van der Waals surface area contributed by atoms with Crippen LogP contribution in [0.1, 0.15) is 0 Å². The predicted octanol–water partition coefficient (Wildman–Crippen LogP) is -0.786. The summed E-state index contributed by atoms with van der Waals surface area (Å²) in [5.74, 6) is 0.00921. The van der Waals surface area contributed by atoms with Crippen LogP contribution < -0.4 is 5.32 Å². The summed E-state index contributed by atoms with van der Waals surface area (Å²) >= 11 is 0. The zero-order chi connectivity index (χ0) is 8.72. The van der Waals surface area contributed by atoms with Crippen LogP contribution in [0.15, 0.2) is 9.98 Å². The van der Waals surface area contributed by atoms with E-state index >= 15 is 0 Å². The zero-order valence-electron chi connectivity index (χ0n) is 6.81. The molecule has 13 heavy (non-hydrogen) atoms. The number of carbonyl (C=O) groups excluding carboxylic acids is 1. The van der Waals surface area contributed by atoms with Gasteiger partial charge < -0.3 is 4.90 Å². The highest BCUT2D eigenvalue weighted by atomic mass is 35.5. The Morgan fingerprint density at radius 1 is 1.69 bits per heavy atom. The SMILES string of the molecule is CN1C=NC2=NC(=N)NC(=O)C21.Cl. The highest BCUT2D eigenvalue weighted by Gasteiger charge is 2.35. The number of halogens is 1. The molecule has 0 aliphatic carbocycles. The summed E-state index contributed by atoms with van der Waals surface area (Å²) in [7, 11) is 1.74. The van der Waals surface area contributed by atoms with Gasteiger partial charge in [0, 0.05) is 7.05 Å². The molecule has 0 saturated heterocycles. The maximum Gasteiger partial charge on any atom is 0.257 e. The van der Waals surface area contributed by atoms with Crippen LogP contribution in [-0.2, 0) is 4.79 Å². The van der Waals surface area contributed by atoms with Crippen LogP contribution in [0.25, 0.3) is 0 Å². The molecule has 2 aliphatic heterocycles. The normalized spacial score (nSPS) is 24.8. The third-order valence-corrected chi connectivity index (χ3v) is 1.74. The molecule has 0 radical (unpaired) electrons. The van der Waals surface area contributed by atoms with Gasteiger partial charge in [-0.25, -0.2) is 4.99 Å². The van der Waals surface area contributed by atoms with Crippen molar-refractivity contribution in [1.82, 2.24) is 10.2 Å². The van der Waals surface area contributed by atoms with Gasteiger partial charge in [-0.2, -0.15) is 4.99 Å². The van der Waals surface area contributed by atoms with Crippen LogP contribution in [-0.4, -0.2) is 42.0 Å². The second-order valence-corrected chi connectivity index (χ2v) is 2.62. The topological polar surface area (TPSA) is 80.9 Å². The molecule has 2 heterocycles. The molecule has 0 saturated carbocycles. The van der Waals surface area contributed by atoms with Crippen LogP contribution in [0.2, 0.25) is 0 Å². The summed E-state index contributed by atoms with van der Waals surface area (Å²) in [4.78, 5) is 20.6. The summed E-state index contributed by atoms with van der Waals surface area (Å²) in [5, 5.41) is 9.44. The molecule has 0 aromatic rings. The smallest absolute Gasteiger partial charge is 0.257 e. The third-order valence-electron chi connectivity index (χ3n) is 1.74. The second-order valence-electron chi connectivity index (χ2n) is 2.62. The van der Waals surface area contributed by atoms with Crippen molar-refractivity contribution < 1.29 is 4.79 Å². The van der Waals surface area contributed by atoms with E-state index in [4.69, 9.17) is 5.41 Å². The van der Waals surface area contributed by atoms with Gasteiger partial charge in [-0.3, -0.25) is 15.5 Å². The first-order valence-electron chi connectivity index (χ1n) is 3.42. The number of nitrogens with one attached hydrogen (secondary N) is 2. The first kappa shape index (κ1) is 9.66. The molecule has 7 heteroatoms. The van der Waals surface area contributed by atoms with Crippen LogP contribution in [0, 0.1) is 5.41 Å². The lowest BCUT2D eigenvalue weighted by molar-refractivity contribution is -0.121. The molecule has 1 amide bonds. The molecule has 2 rings (SSSR count). The molecule has 1 atom stereocenters. The molecule has 2 N–H and O–H groups in total. The molecule has 2 aliphatic rings. The number of hydrogen-bond donors (Lipinski definition) is 2. The molecule has 0 aromatic carbocycles. The van der Waals surface area contributed by atoms with Gasteiger partial charge in [0.1, 0.15) is 0 Å². The molecular weight excluding hydrogens is 194 g/mol. The number of fused-ring (bicyclic) bond motifs is 1. The Hall–Kier alpha value is -1.43. The van der Waals surface area contributed by atoms with E-state index in [1.165, 1.54) is 6.34 Å². The average molecular weight is 202 g/mol. The molecule has 0 fully saturated rings. The van der Waals surface area contributed by atoms with Crippen molar-refractivity contribution >= 4 is 36.4 Å². The maximum absolute atomic E-state index is 11.2. The van der Waals surface area contributed by atoms with E-state index in [0.29, 0.717) is 5.84 Å². The van der Waals surface area contributed by atoms with Gasteiger partial charge in [0.15, 0.2) is 11.9 Å². The maximum atomic E-state index is 11.2. The van der Waals surface area contributed by atoms with Crippen molar-refractivity contribution in [2.24, 2.45) is 9.98 Å². The Labute approximate surface area is 80.7 Å². The highest BCUT2D eigenvalue weighted by molar-refractivity contribution is 6.22. The summed E-state index contributed by atoms with van der Waals surface area (Å²) in [6, 6.07) is -0.445. The van der Waals surface area contributed by atoms with Gasteiger partial charge in [0.05, 0.1) is 6.34 Å². The van der Waals surface area contributed by atoms with Crippen LogP contribution in [0.4, 0.5) is 0 Å². The summed E-state index contributed by atoms with van der Waals surface area (Å²) < 4.78 is 0. The van der Waals surface area contributed by atoms with Gasteiger partial charge in [-0.15, -0.1) is 12.4 Å². The quantitative estimate of drug-likeness (QED) is 0.539. The van der Waals surface area contributed by atoms with E-state index < -0.39 is 6.04 Å². The monoisotopic (exact) mass is 201 g/mol. The Kier molecular flexibility index (Phi) is 2.33. The fourth-order valence-corrected chi connectivity index (χ4v) is 1.19. The Morgan fingerprint density at radius 3 is 3.08 bits per heavy atom. The van der Waals surface area contributed by atoms with Gasteiger partial charge in [-0.1, -0.05) is 0 Å². The molecular formula is C6H8ClN5O. The Bertz CT molecular complexity index is 323. The lowest BCUT2D eigenvalue weighted by Crippen LogP contribution is -2.50. The number of amides is 1. The standard InChI is InChI=1S/C6H7N5O.ClH/c1-11-2-8-4-3(11)5(12)10-6(7)9-4;/h2-3H,1H3,(H2,7,10,12);1H. The number of rotatable bonds is 0. The minimum atomic E-state index is -0.445.